The zero-order valence-electron chi connectivity index (χ0n) is 15.3. The first-order valence-corrected chi connectivity index (χ1v) is 9.46. The summed E-state index contributed by atoms with van der Waals surface area (Å²) in [5.74, 6) is 1.21. The molecule has 2 aromatic rings. The number of hydrogen-bond acceptors (Lipinski definition) is 5. The van der Waals surface area contributed by atoms with Crippen molar-refractivity contribution >= 4 is 23.9 Å². The highest BCUT2D eigenvalue weighted by atomic mass is 32.2. The molecule has 5 nitrogen and oxygen atoms in total. The first kappa shape index (κ1) is 19.8. The third-order valence-corrected chi connectivity index (χ3v) is 4.49. The van der Waals surface area contributed by atoms with Gasteiger partial charge in [0.1, 0.15) is 0 Å². The van der Waals surface area contributed by atoms with E-state index in [1.54, 1.807) is 6.21 Å². The van der Waals surface area contributed by atoms with Crippen molar-refractivity contribution in [3.05, 3.63) is 54.1 Å². The fourth-order valence-electron chi connectivity index (χ4n) is 2.17. The van der Waals surface area contributed by atoms with E-state index in [1.807, 2.05) is 69.3 Å². The summed E-state index contributed by atoms with van der Waals surface area (Å²) in [7, 11) is 0. The summed E-state index contributed by atoms with van der Waals surface area (Å²) in [6, 6.07) is 15.4. The molecular formula is C20H24N2O3S. The van der Waals surface area contributed by atoms with E-state index < -0.39 is 0 Å². The summed E-state index contributed by atoms with van der Waals surface area (Å²) in [4.78, 5) is 13.2. The van der Waals surface area contributed by atoms with Crippen LogP contribution >= 0.6 is 11.8 Å². The lowest BCUT2D eigenvalue weighted by Crippen LogP contribution is -2.26. The van der Waals surface area contributed by atoms with Crippen molar-refractivity contribution in [3.8, 4) is 11.5 Å². The summed E-state index contributed by atoms with van der Waals surface area (Å²) in [6.45, 7) is 6.82. The van der Waals surface area contributed by atoms with Crippen LogP contribution in [0.5, 0.6) is 11.5 Å². The van der Waals surface area contributed by atoms with E-state index in [-0.39, 0.29) is 11.2 Å². The number of benzene rings is 2. The Balaban J connectivity index is 1.94. The van der Waals surface area contributed by atoms with Gasteiger partial charge in [-0.1, -0.05) is 18.2 Å². The number of carbonyl (C=O) groups is 1. The number of hydrogen-bond donors (Lipinski definition) is 1. The minimum atomic E-state index is -0.242. The molecule has 26 heavy (non-hydrogen) atoms. The second-order valence-electron chi connectivity index (χ2n) is 5.38. The first-order chi connectivity index (χ1) is 12.6. The van der Waals surface area contributed by atoms with E-state index in [0.717, 1.165) is 10.5 Å². The van der Waals surface area contributed by atoms with Gasteiger partial charge in [0.25, 0.3) is 5.91 Å². The Morgan fingerprint density at radius 2 is 1.81 bits per heavy atom. The van der Waals surface area contributed by atoms with Crippen LogP contribution in [0.3, 0.4) is 0 Å². The van der Waals surface area contributed by atoms with Gasteiger partial charge in [0.05, 0.1) is 24.7 Å². The van der Waals surface area contributed by atoms with Gasteiger partial charge in [-0.3, -0.25) is 4.79 Å². The van der Waals surface area contributed by atoms with Gasteiger partial charge in [-0.15, -0.1) is 11.8 Å². The largest absolute Gasteiger partial charge is 0.490 e. The number of nitrogens with zero attached hydrogens (tertiary/aromatic N) is 1. The minimum absolute atomic E-state index is 0.147. The Morgan fingerprint density at radius 3 is 2.50 bits per heavy atom. The van der Waals surface area contributed by atoms with Crippen LogP contribution < -0.4 is 14.9 Å². The lowest BCUT2D eigenvalue weighted by Gasteiger charge is -2.11. The van der Waals surface area contributed by atoms with Crippen molar-refractivity contribution in [2.45, 2.75) is 30.9 Å². The summed E-state index contributed by atoms with van der Waals surface area (Å²) < 4.78 is 11.1. The highest BCUT2D eigenvalue weighted by molar-refractivity contribution is 8.00. The van der Waals surface area contributed by atoms with Gasteiger partial charge in [-0.2, -0.15) is 5.10 Å². The van der Waals surface area contributed by atoms with E-state index in [4.69, 9.17) is 9.47 Å². The molecule has 2 aromatic carbocycles. The van der Waals surface area contributed by atoms with Crippen molar-refractivity contribution in [2.75, 3.05) is 13.2 Å². The van der Waals surface area contributed by atoms with Gasteiger partial charge in [0.2, 0.25) is 0 Å². The van der Waals surface area contributed by atoms with Crippen molar-refractivity contribution in [1.29, 1.82) is 0 Å². The molecule has 0 radical (unpaired) electrons. The van der Waals surface area contributed by atoms with E-state index in [2.05, 4.69) is 10.5 Å². The van der Waals surface area contributed by atoms with Crippen molar-refractivity contribution in [3.63, 3.8) is 0 Å². The molecule has 0 aliphatic heterocycles. The molecule has 0 saturated heterocycles. The number of ether oxygens (including phenoxy) is 2. The first-order valence-electron chi connectivity index (χ1n) is 8.58. The fraction of sp³-hybridized carbons (Fsp3) is 0.300. The Labute approximate surface area is 158 Å². The molecule has 0 bridgehead atoms. The maximum absolute atomic E-state index is 12.2. The molecule has 0 spiro atoms. The van der Waals surface area contributed by atoms with Gasteiger partial charge < -0.3 is 9.47 Å². The molecule has 1 amide bonds. The molecule has 0 saturated carbocycles. The van der Waals surface area contributed by atoms with Crippen LogP contribution in [0, 0.1) is 0 Å². The number of amides is 1. The van der Waals surface area contributed by atoms with Crippen LogP contribution in [-0.2, 0) is 4.79 Å². The van der Waals surface area contributed by atoms with Crippen molar-refractivity contribution in [2.24, 2.45) is 5.10 Å². The second kappa shape index (κ2) is 10.5. The molecule has 0 heterocycles. The smallest absolute Gasteiger partial charge is 0.253 e. The van der Waals surface area contributed by atoms with Gasteiger partial charge in [-0.25, -0.2) is 5.43 Å². The molecule has 1 atom stereocenters. The van der Waals surface area contributed by atoms with Crippen LogP contribution in [0.15, 0.2) is 58.5 Å². The standard InChI is InChI=1S/C20H24N2O3S/c1-4-24-18-12-11-16(13-19(18)25-5-2)14-21-22-20(23)15(3)26-17-9-7-6-8-10-17/h6-15H,4-5H2,1-3H3,(H,22,23)/b21-14-/t15-/m0/s1. The summed E-state index contributed by atoms with van der Waals surface area (Å²) in [6.07, 6.45) is 1.59. The highest BCUT2D eigenvalue weighted by Gasteiger charge is 2.13. The predicted molar refractivity (Wildman–Crippen MR) is 106 cm³/mol. The van der Waals surface area contributed by atoms with Gasteiger partial charge in [-0.05, 0) is 56.7 Å². The third kappa shape index (κ3) is 6.11. The molecular weight excluding hydrogens is 348 g/mol. The second-order valence-corrected chi connectivity index (χ2v) is 6.79. The van der Waals surface area contributed by atoms with Crippen LogP contribution in [0.1, 0.15) is 26.3 Å². The topological polar surface area (TPSA) is 59.9 Å². The zero-order chi connectivity index (χ0) is 18.8. The molecule has 0 unspecified atom stereocenters. The van der Waals surface area contributed by atoms with E-state index in [9.17, 15) is 4.79 Å². The number of nitrogens with one attached hydrogen (secondary N) is 1. The Hall–Kier alpha value is -2.47. The van der Waals surface area contributed by atoms with Crippen LogP contribution in [0.4, 0.5) is 0 Å². The SMILES string of the molecule is CCOc1ccc(/C=N\NC(=O)[C@H](C)Sc2ccccc2)cc1OCC. The summed E-state index contributed by atoms with van der Waals surface area (Å²) >= 11 is 1.49. The highest BCUT2D eigenvalue weighted by Crippen LogP contribution is 2.28. The lowest BCUT2D eigenvalue weighted by molar-refractivity contribution is -0.120. The van der Waals surface area contributed by atoms with Crippen molar-refractivity contribution in [1.82, 2.24) is 5.43 Å². The molecule has 0 aliphatic carbocycles. The normalized spacial score (nSPS) is 12.0. The lowest BCUT2D eigenvalue weighted by atomic mass is 10.2. The van der Waals surface area contributed by atoms with Crippen LogP contribution in [0.25, 0.3) is 0 Å². The van der Waals surface area contributed by atoms with Gasteiger partial charge >= 0.3 is 0 Å². The minimum Gasteiger partial charge on any atom is -0.490 e. The molecule has 138 valence electrons. The van der Waals surface area contributed by atoms with E-state index in [0.29, 0.717) is 24.7 Å². The molecule has 2 rings (SSSR count). The predicted octanol–water partition coefficient (Wildman–Crippen LogP) is 4.11. The molecule has 6 heteroatoms. The quantitative estimate of drug-likeness (QED) is 0.409. The fourth-order valence-corrected chi connectivity index (χ4v) is 3.05. The maximum Gasteiger partial charge on any atom is 0.253 e. The monoisotopic (exact) mass is 372 g/mol. The summed E-state index contributed by atoms with van der Waals surface area (Å²) in [5.41, 5.74) is 3.40. The van der Waals surface area contributed by atoms with E-state index in [1.165, 1.54) is 11.8 Å². The number of hydrazone groups is 1. The number of rotatable bonds is 9. The van der Waals surface area contributed by atoms with E-state index >= 15 is 0 Å². The van der Waals surface area contributed by atoms with Gasteiger partial charge in [0, 0.05) is 4.90 Å². The Bertz CT molecular complexity index is 735. The van der Waals surface area contributed by atoms with Crippen LogP contribution in [0.2, 0.25) is 0 Å². The Kier molecular flexibility index (Phi) is 8.02. The van der Waals surface area contributed by atoms with Crippen molar-refractivity contribution < 1.29 is 14.3 Å². The number of thioether (sulfide) groups is 1. The average Bonchev–Trinajstić information content (AvgIpc) is 2.65. The molecule has 0 aromatic heterocycles. The third-order valence-electron chi connectivity index (χ3n) is 3.38. The maximum atomic E-state index is 12.2. The summed E-state index contributed by atoms with van der Waals surface area (Å²) in [5, 5.41) is 3.81. The van der Waals surface area contributed by atoms with Gasteiger partial charge in [0.15, 0.2) is 11.5 Å². The average molecular weight is 372 g/mol. The Morgan fingerprint density at radius 1 is 1.12 bits per heavy atom. The molecule has 0 aliphatic rings. The van der Waals surface area contributed by atoms with Crippen LogP contribution in [-0.4, -0.2) is 30.6 Å². The zero-order valence-corrected chi connectivity index (χ0v) is 16.1. The number of carbonyl (C=O) groups excluding carboxylic acids is 1. The molecule has 0 fully saturated rings. The molecule has 1 N–H and O–H groups in total.